The monoisotopic (exact) mass is 372 g/mol. The van der Waals surface area contributed by atoms with Gasteiger partial charge in [0.25, 0.3) is 0 Å². The van der Waals surface area contributed by atoms with Gasteiger partial charge in [-0.05, 0) is 39.8 Å². The minimum absolute atomic E-state index is 0.0813. The molecule has 7 nitrogen and oxygen atoms in total. The molecule has 0 unspecified atom stereocenters. The maximum atomic E-state index is 12.6. The maximum absolute atomic E-state index is 12.6. The molecular weight excluding hydrogens is 352 g/mol. The number of sulfonamides is 1. The first kappa shape index (κ1) is 18.7. The normalized spacial score (nSPS) is 13.2. The van der Waals surface area contributed by atoms with Gasteiger partial charge < -0.3 is 9.30 Å². The Bertz CT molecular complexity index is 805. The van der Waals surface area contributed by atoms with E-state index in [-0.39, 0.29) is 10.9 Å². The number of hydrogen-bond acceptors (Lipinski definition) is 5. The van der Waals surface area contributed by atoms with E-state index in [2.05, 4.69) is 14.9 Å². The quantitative estimate of drug-likeness (QED) is 0.807. The zero-order valence-electron chi connectivity index (χ0n) is 14.0. The van der Waals surface area contributed by atoms with Crippen molar-refractivity contribution in [3.63, 3.8) is 0 Å². The highest BCUT2D eigenvalue weighted by Gasteiger charge is 2.23. The van der Waals surface area contributed by atoms with Gasteiger partial charge in [0, 0.05) is 12.1 Å². The number of halogens is 1. The Kier molecular flexibility index (Phi) is 5.84. The molecule has 1 atom stereocenters. The van der Waals surface area contributed by atoms with Crippen LogP contribution in [0.1, 0.15) is 45.6 Å². The Balaban J connectivity index is 2.28. The lowest BCUT2D eigenvalue weighted by Crippen LogP contribution is -2.29. The van der Waals surface area contributed by atoms with Crippen molar-refractivity contribution >= 4 is 21.6 Å². The van der Waals surface area contributed by atoms with Crippen LogP contribution in [0.4, 0.5) is 0 Å². The molecule has 0 spiro atoms. The van der Waals surface area contributed by atoms with Crippen LogP contribution >= 0.6 is 11.6 Å². The van der Waals surface area contributed by atoms with Gasteiger partial charge >= 0.3 is 0 Å². The van der Waals surface area contributed by atoms with Gasteiger partial charge in [-0.1, -0.05) is 11.6 Å². The number of ether oxygens (including phenoxy) is 1. The van der Waals surface area contributed by atoms with Gasteiger partial charge in [0.15, 0.2) is 5.82 Å². The predicted molar refractivity (Wildman–Crippen MR) is 91.8 cm³/mol. The number of nitrogens with zero attached hydrogens (tertiary/aromatic N) is 3. The highest BCUT2D eigenvalue weighted by molar-refractivity contribution is 7.89. The molecule has 2 rings (SSSR count). The Morgan fingerprint density at radius 2 is 2.04 bits per heavy atom. The second-order valence-corrected chi connectivity index (χ2v) is 7.68. The molecule has 1 heterocycles. The van der Waals surface area contributed by atoms with E-state index in [4.69, 9.17) is 16.3 Å². The van der Waals surface area contributed by atoms with E-state index in [1.54, 1.807) is 20.2 Å². The Labute approximate surface area is 147 Å². The highest BCUT2D eigenvalue weighted by atomic mass is 35.5. The van der Waals surface area contributed by atoms with Crippen LogP contribution in [0.3, 0.4) is 0 Å². The molecule has 0 saturated heterocycles. The van der Waals surface area contributed by atoms with Gasteiger partial charge in [0.1, 0.15) is 12.1 Å². The first-order valence-electron chi connectivity index (χ1n) is 7.60. The summed E-state index contributed by atoms with van der Waals surface area (Å²) < 4.78 is 35.0. The fourth-order valence-electron chi connectivity index (χ4n) is 2.23. The summed E-state index contributed by atoms with van der Waals surface area (Å²) in [6, 6.07) is 3.94. The van der Waals surface area contributed by atoms with Gasteiger partial charge in [0.2, 0.25) is 10.0 Å². The first-order chi connectivity index (χ1) is 11.3. The summed E-state index contributed by atoms with van der Waals surface area (Å²) in [4.78, 5) is 0.0813. The lowest BCUT2D eigenvalue weighted by atomic mass is 10.3. The molecule has 0 aliphatic rings. The van der Waals surface area contributed by atoms with Crippen LogP contribution in [-0.2, 0) is 10.0 Å². The first-order valence-corrected chi connectivity index (χ1v) is 9.46. The van der Waals surface area contributed by atoms with Crippen molar-refractivity contribution in [2.45, 2.75) is 44.7 Å². The molecule has 0 amide bonds. The van der Waals surface area contributed by atoms with E-state index in [1.165, 1.54) is 18.2 Å². The maximum Gasteiger partial charge on any atom is 0.241 e. The summed E-state index contributed by atoms with van der Waals surface area (Å²) >= 11 is 6.01. The summed E-state index contributed by atoms with van der Waals surface area (Å²) in [5.74, 6) is 0.882. The van der Waals surface area contributed by atoms with Crippen molar-refractivity contribution in [3.8, 4) is 5.75 Å². The predicted octanol–water partition coefficient (Wildman–Crippen LogP) is 2.95. The van der Waals surface area contributed by atoms with Gasteiger partial charge in [-0.2, -0.15) is 0 Å². The molecule has 1 aromatic heterocycles. The molecule has 0 bridgehead atoms. The molecule has 1 aromatic carbocycles. The molecule has 0 fully saturated rings. The third-order valence-corrected chi connectivity index (χ3v) is 5.24. The van der Waals surface area contributed by atoms with Crippen LogP contribution in [0.2, 0.25) is 5.02 Å². The Morgan fingerprint density at radius 1 is 1.33 bits per heavy atom. The third kappa shape index (κ3) is 4.06. The Hall–Kier alpha value is -1.64. The molecule has 1 N–H and O–H groups in total. The summed E-state index contributed by atoms with van der Waals surface area (Å²) in [7, 11) is -3.76. The topological polar surface area (TPSA) is 86.1 Å². The molecule has 2 aromatic rings. The minimum Gasteiger partial charge on any atom is -0.492 e. The molecule has 0 aliphatic carbocycles. The van der Waals surface area contributed by atoms with Gasteiger partial charge in [-0.15, -0.1) is 10.2 Å². The van der Waals surface area contributed by atoms with Gasteiger partial charge in [0.05, 0.1) is 22.6 Å². The lowest BCUT2D eigenvalue weighted by molar-refractivity contribution is 0.339. The van der Waals surface area contributed by atoms with E-state index >= 15 is 0 Å². The van der Waals surface area contributed by atoms with Crippen molar-refractivity contribution in [3.05, 3.63) is 35.4 Å². The van der Waals surface area contributed by atoms with E-state index in [9.17, 15) is 8.42 Å². The largest absolute Gasteiger partial charge is 0.492 e. The van der Waals surface area contributed by atoms with Crippen molar-refractivity contribution in [1.29, 1.82) is 0 Å². The zero-order valence-corrected chi connectivity index (χ0v) is 15.6. The van der Waals surface area contributed by atoms with Gasteiger partial charge in [-0.25, -0.2) is 13.1 Å². The molecule has 132 valence electrons. The number of aromatic nitrogens is 3. The number of rotatable bonds is 7. The number of hydrogen-bond donors (Lipinski definition) is 1. The van der Waals surface area contributed by atoms with Crippen molar-refractivity contribution in [2.75, 3.05) is 6.61 Å². The summed E-state index contributed by atoms with van der Waals surface area (Å²) in [5, 5.41) is 8.24. The minimum atomic E-state index is -3.76. The van der Waals surface area contributed by atoms with E-state index in [0.29, 0.717) is 23.2 Å². The zero-order chi connectivity index (χ0) is 17.9. The van der Waals surface area contributed by atoms with Crippen LogP contribution in [-0.4, -0.2) is 29.8 Å². The second-order valence-electron chi connectivity index (χ2n) is 5.56. The van der Waals surface area contributed by atoms with Crippen molar-refractivity contribution in [2.24, 2.45) is 0 Å². The van der Waals surface area contributed by atoms with Crippen LogP contribution in [0.25, 0.3) is 0 Å². The van der Waals surface area contributed by atoms with Crippen molar-refractivity contribution in [1.82, 2.24) is 19.5 Å². The van der Waals surface area contributed by atoms with Gasteiger partial charge in [-0.3, -0.25) is 0 Å². The third-order valence-electron chi connectivity index (χ3n) is 3.39. The summed E-state index contributed by atoms with van der Waals surface area (Å²) in [5.41, 5.74) is 0. The SMILES string of the molecule is CCOc1cc(S(=O)(=O)N[C@@H](C)c2nncn2C(C)C)ccc1Cl. The van der Waals surface area contributed by atoms with Crippen LogP contribution in [0.15, 0.2) is 29.4 Å². The smallest absolute Gasteiger partial charge is 0.241 e. The fourth-order valence-corrected chi connectivity index (χ4v) is 3.62. The van der Waals surface area contributed by atoms with E-state index in [1.807, 2.05) is 18.4 Å². The van der Waals surface area contributed by atoms with Crippen LogP contribution in [0.5, 0.6) is 5.75 Å². The number of nitrogens with one attached hydrogen (secondary N) is 1. The molecule has 24 heavy (non-hydrogen) atoms. The van der Waals surface area contributed by atoms with Crippen LogP contribution in [0, 0.1) is 0 Å². The van der Waals surface area contributed by atoms with Crippen LogP contribution < -0.4 is 9.46 Å². The van der Waals surface area contributed by atoms with Crippen molar-refractivity contribution < 1.29 is 13.2 Å². The fraction of sp³-hybridized carbons (Fsp3) is 0.467. The average Bonchev–Trinajstić information content (AvgIpc) is 2.99. The standard InChI is InChI=1S/C15H21ClN4O3S/c1-5-23-14-8-12(6-7-13(14)16)24(21,22)19-11(4)15-18-17-9-20(15)10(2)3/h6-11,19H,5H2,1-4H3/t11-/m0/s1. The van der Waals surface area contributed by atoms with E-state index < -0.39 is 16.1 Å². The molecule has 0 radical (unpaired) electrons. The Morgan fingerprint density at radius 3 is 2.67 bits per heavy atom. The molecular formula is C15H21ClN4O3S. The molecule has 9 heteroatoms. The highest BCUT2D eigenvalue weighted by Crippen LogP contribution is 2.28. The summed E-state index contributed by atoms with van der Waals surface area (Å²) in [6.45, 7) is 7.87. The number of benzene rings is 1. The average molecular weight is 373 g/mol. The lowest BCUT2D eigenvalue weighted by Gasteiger charge is -2.17. The second kappa shape index (κ2) is 7.50. The molecule has 0 saturated carbocycles. The molecule has 0 aliphatic heterocycles. The summed E-state index contributed by atoms with van der Waals surface area (Å²) in [6.07, 6.45) is 1.58. The van der Waals surface area contributed by atoms with E-state index in [0.717, 1.165) is 0 Å².